The number of aliphatic hydroxyl groups excluding tert-OH is 1. The number of ether oxygens (including phenoxy) is 1. The predicted octanol–water partition coefficient (Wildman–Crippen LogP) is 3.15. The normalized spacial score (nSPS) is 21.5. The van der Waals surface area contributed by atoms with Gasteiger partial charge in [-0.1, -0.05) is 17.3 Å². The van der Waals surface area contributed by atoms with Gasteiger partial charge in [-0.15, -0.1) is 0 Å². The topological polar surface area (TPSA) is 111 Å². The molecule has 0 aliphatic carbocycles. The molecule has 172 valence electrons. The van der Waals surface area contributed by atoms with Crippen molar-refractivity contribution in [2.45, 2.75) is 25.8 Å². The summed E-state index contributed by atoms with van der Waals surface area (Å²) in [7, 11) is 1.55. The molecule has 8 heteroatoms. The van der Waals surface area contributed by atoms with Gasteiger partial charge in [0.2, 0.25) is 0 Å². The maximum Gasteiger partial charge on any atom is 0.299 e. The molecule has 33 heavy (non-hydrogen) atoms. The summed E-state index contributed by atoms with van der Waals surface area (Å²) in [5.74, 6) is -0.888. The van der Waals surface area contributed by atoms with Crippen molar-refractivity contribution < 1.29 is 24.6 Å². The van der Waals surface area contributed by atoms with Gasteiger partial charge in [-0.05, 0) is 80.7 Å². The van der Waals surface area contributed by atoms with Crippen LogP contribution in [0.1, 0.15) is 30.9 Å². The van der Waals surface area contributed by atoms with E-state index in [1.54, 1.807) is 62.6 Å². The molecular formula is C25H27N3O5. The molecular weight excluding hydrogens is 422 g/mol. The number of hydrogen-bond acceptors (Lipinski definition) is 7. The van der Waals surface area contributed by atoms with E-state index in [4.69, 9.17) is 9.94 Å². The molecule has 2 aliphatic heterocycles. The maximum absolute atomic E-state index is 13.2. The van der Waals surface area contributed by atoms with Gasteiger partial charge in [-0.2, -0.15) is 0 Å². The third-order valence-corrected chi connectivity index (χ3v) is 6.39. The van der Waals surface area contributed by atoms with Crippen molar-refractivity contribution in [3.8, 4) is 5.75 Å². The molecule has 0 radical (unpaired) electrons. The van der Waals surface area contributed by atoms with Crippen molar-refractivity contribution in [2.75, 3.05) is 25.1 Å². The number of rotatable bonds is 5. The van der Waals surface area contributed by atoms with Crippen LogP contribution in [0, 0.1) is 5.92 Å². The first-order valence-electron chi connectivity index (χ1n) is 10.9. The van der Waals surface area contributed by atoms with Gasteiger partial charge in [0.05, 0.1) is 24.4 Å². The number of carbonyl (C=O) groups excluding carboxylic acids is 2. The van der Waals surface area contributed by atoms with Gasteiger partial charge in [0, 0.05) is 11.3 Å². The van der Waals surface area contributed by atoms with Crippen LogP contribution in [-0.2, 0) is 9.59 Å². The minimum absolute atomic E-state index is 0.0115. The van der Waals surface area contributed by atoms with Crippen LogP contribution in [0.25, 0.3) is 5.76 Å². The molecule has 3 N–H and O–H groups in total. The van der Waals surface area contributed by atoms with Gasteiger partial charge in [0.1, 0.15) is 11.5 Å². The lowest BCUT2D eigenvalue weighted by Gasteiger charge is -2.34. The maximum atomic E-state index is 13.2. The first-order valence-corrected chi connectivity index (χ1v) is 10.9. The molecule has 2 heterocycles. The molecule has 0 spiro atoms. The highest BCUT2D eigenvalue weighted by Crippen LogP contribution is 2.39. The molecule has 0 aromatic heterocycles. The van der Waals surface area contributed by atoms with E-state index in [9.17, 15) is 14.7 Å². The standard InChI is InChI=1S/C25H27N3O5/c1-15(27-32)16-3-7-19(8-4-16)28-22(17-11-13-26-14-12-17)21(24(30)25(28)31)23(29)18-5-9-20(33-2)10-6-18/h3-10,17,22,26,29,32H,11-14H2,1-2H3/b23-21-,27-15+. The Morgan fingerprint density at radius 2 is 1.64 bits per heavy atom. The molecule has 1 atom stereocenters. The molecule has 0 saturated carbocycles. The Morgan fingerprint density at radius 1 is 1.03 bits per heavy atom. The highest BCUT2D eigenvalue weighted by atomic mass is 16.5. The number of piperidine rings is 1. The Kier molecular flexibility index (Phi) is 6.46. The number of hydrogen-bond donors (Lipinski definition) is 3. The number of Topliss-reactive ketones (excluding diaryl/α,β-unsaturated/α-hetero) is 1. The zero-order valence-electron chi connectivity index (χ0n) is 18.6. The number of aliphatic hydroxyl groups is 1. The monoisotopic (exact) mass is 449 g/mol. The molecule has 2 fully saturated rings. The summed E-state index contributed by atoms with van der Waals surface area (Å²) in [5.41, 5.74) is 2.29. The third kappa shape index (κ3) is 4.21. The Bertz CT molecular complexity index is 1100. The lowest BCUT2D eigenvalue weighted by atomic mass is 9.84. The molecule has 2 saturated heterocycles. The van der Waals surface area contributed by atoms with E-state index in [0.717, 1.165) is 25.9 Å². The van der Waals surface area contributed by atoms with Gasteiger partial charge in [0.15, 0.2) is 0 Å². The lowest BCUT2D eigenvalue weighted by molar-refractivity contribution is -0.132. The van der Waals surface area contributed by atoms with Crippen molar-refractivity contribution in [1.82, 2.24) is 5.32 Å². The average Bonchev–Trinajstić information content (AvgIpc) is 3.14. The Labute approximate surface area is 192 Å². The quantitative estimate of drug-likeness (QED) is 0.162. The summed E-state index contributed by atoms with van der Waals surface area (Å²) >= 11 is 0. The summed E-state index contributed by atoms with van der Waals surface area (Å²) in [5, 5.41) is 26.7. The molecule has 8 nitrogen and oxygen atoms in total. The van der Waals surface area contributed by atoms with Gasteiger partial charge in [0.25, 0.3) is 11.7 Å². The van der Waals surface area contributed by atoms with E-state index in [2.05, 4.69) is 10.5 Å². The molecule has 2 aromatic rings. The molecule has 1 unspecified atom stereocenters. The second-order valence-corrected chi connectivity index (χ2v) is 8.26. The second-order valence-electron chi connectivity index (χ2n) is 8.26. The number of carbonyl (C=O) groups is 2. The summed E-state index contributed by atoms with van der Waals surface area (Å²) in [4.78, 5) is 27.9. The van der Waals surface area contributed by atoms with E-state index < -0.39 is 17.7 Å². The lowest BCUT2D eigenvalue weighted by Crippen LogP contribution is -2.43. The number of ketones is 1. The summed E-state index contributed by atoms with van der Waals surface area (Å²) in [6, 6.07) is 13.1. The minimum atomic E-state index is -0.691. The minimum Gasteiger partial charge on any atom is -0.507 e. The fourth-order valence-corrected chi connectivity index (χ4v) is 4.57. The highest BCUT2D eigenvalue weighted by molar-refractivity contribution is 6.51. The van der Waals surface area contributed by atoms with E-state index in [1.807, 2.05) is 0 Å². The molecule has 1 amide bonds. The Morgan fingerprint density at radius 3 is 2.21 bits per heavy atom. The van der Waals surface area contributed by atoms with Crippen molar-refractivity contribution >= 4 is 28.8 Å². The highest BCUT2D eigenvalue weighted by Gasteiger charge is 2.49. The fourth-order valence-electron chi connectivity index (χ4n) is 4.57. The molecule has 4 rings (SSSR count). The van der Waals surface area contributed by atoms with Crippen LogP contribution in [0.2, 0.25) is 0 Å². The van der Waals surface area contributed by atoms with Crippen molar-refractivity contribution in [1.29, 1.82) is 0 Å². The van der Waals surface area contributed by atoms with E-state index in [1.165, 1.54) is 4.90 Å². The average molecular weight is 450 g/mol. The SMILES string of the molecule is COc1ccc(/C(O)=C2/C(=O)C(=O)N(c3ccc(/C(C)=N/O)cc3)C2C2CCNCC2)cc1. The third-order valence-electron chi connectivity index (χ3n) is 6.39. The zero-order chi connectivity index (χ0) is 23.5. The zero-order valence-corrected chi connectivity index (χ0v) is 18.6. The first kappa shape index (κ1) is 22.5. The van der Waals surface area contributed by atoms with Crippen LogP contribution < -0.4 is 15.0 Å². The number of benzene rings is 2. The Balaban J connectivity index is 1.81. The summed E-state index contributed by atoms with van der Waals surface area (Å²) in [6.45, 7) is 3.23. The van der Waals surface area contributed by atoms with Crippen LogP contribution in [0.5, 0.6) is 5.75 Å². The van der Waals surface area contributed by atoms with E-state index in [0.29, 0.717) is 28.3 Å². The molecule has 0 bridgehead atoms. The largest absolute Gasteiger partial charge is 0.507 e. The van der Waals surface area contributed by atoms with Gasteiger partial charge in [-0.25, -0.2) is 0 Å². The van der Waals surface area contributed by atoms with Crippen molar-refractivity contribution in [2.24, 2.45) is 11.1 Å². The predicted molar refractivity (Wildman–Crippen MR) is 125 cm³/mol. The molecule has 2 aliphatic rings. The first-order chi connectivity index (χ1) is 16.0. The van der Waals surface area contributed by atoms with Crippen molar-refractivity contribution in [3.05, 3.63) is 65.2 Å². The second kappa shape index (κ2) is 9.46. The van der Waals surface area contributed by atoms with Crippen LogP contribution in [0.15, 0.2) is 59.3 Å². The number of nitrogens with one attached hydrogen (secondary N) is 1. The van der Waals surface area contributed by atoms with Crippen LogP contribution in [0.3, 0.4) is 0 Å². The number of methoxy groups -OCH3 is 1. The van der Waals surface area contributed by atoms with Gasteiger partial charge in [-0.3, -0.25) is 14.5 Å². The number of anilines is 1. The van der Waals surface area contributed by atoms with Crippen LogP contribution >= 0.6 is 0 Å². The smallest absolute Gasteiger partial charge is 0.299 e. The molecule has 2 aromatic carbocycles. The van der Waals surface area contributed by atoms with Crippen molar-refractivity contribution in [3.63, 3.8) is 0 Å². The number of nitrogens with zero attached hydrogens (tertiary/aromatic N) is 2. The van der Waals surface area contributed by atoms with E-state index in [-0.39, 0.29) is 17.3 Å². The van der Waals surface area contributed by atoms with Crippen LogP contribution in [-0.4, -0.2) is 54.0 Å². The summed E-state index contributed by atoms with van der Waals surface area (Å²) < 4.78 is 5.18. The van der Waals surface area contributed by atoms with Gasteiger partial charge < -0.3 is 20.4 Å². The number of amides is 1. The van der Waals surface area contributed by atoms with Gasteiger partial charge >= 0.3 is 0 Å². The fraction of sp³-hybridized carbons (Fsp3) is 0.320. The van der Waals surface area contributed by atoms with E-state index >= 15 is 0 Å². The Hall–Kier alpha value is -3.65. The summed E-state index contributed by atoms with van der Waals surface area (Å²) in [6.07, 6.45) is 1.55. The van der Waals surface area contributed by atoms with Crippen LogP contribution in [0.4, 0.5) is 5.69 Å². The number of oxime groups is 1.